The lowest BCUT2D eigenvalue weighted by molar-refractivity contribution is 0.338. The van der Waals surface area contributed by atoms with E-state index in [1.165, 1.54) is 24.3 Å². The molecule has 10 rings (SSSR count). The number of pyridine rings is 5. The fourth-order valence-electron chi connectivity index (χ4n) is 6.58. The molecule has 1 aliphatic rings. The van der Waals surface area contributed by atoms with Crippen LogP contribution in [0.1, 0.15) is 32.4 Å². The summed E-state index contributed by atoms with van der Waals surface area (Å²) in [5.74, 6) is 0.100. The van der Waals surface area contributed by atoms with Crippen molar-refractivity contribution in [2.75, 3.05) is 11.9 Å². The van der Waals surface area contributed by atoms with Crippen LogP contribution in [0.2, 0.25) is 10.0 Å². The standard InChI is InChI=1S/C21H15ClFN5O.C21H11ClFN5.C2H6/c1-11-10-29-20-15(4-5-24-18(11)20)27-17-9-16(13-8-12(22)2-3-14(13)23)28-21-19(17)25-6-7-26-21;22-12-3-4-17(23)15(8-12)18-9-14(20-21(28-18)27-7-6-26-20)16-10-24-11-19-13(16)2-1-5-25-19;1-2/h2-9,11H,10H2,1H3,(H,24,26,27,28);1-11H;1-2H3. The highest BCUT2D eigenvalue weighted by Gasteiger charge is 2.25. The third-order valence-electron chi connectivity index (χ3n) is 9.26. The highest BCUT2D eigenvalue weighted by atomic mass is 35.5. The van der Waals surface area contributed by atoms with Crippen LogP contribution in [0.5, 0.6) is 5.75 Å². The molecule has 0 saturated carbocycles. The molecule has 9 aromatic rings. The van der Waals surface area contributed by atoms with Gasteiger partial charge in [-0.25, -0.2) is 33.7 Å². The van der Waals surface area contributed by atoms with E-state index in [1.807, 2.05) is 32.0 Å². The van der Waals surface area contributed by atoms with Gasteiger partial charge in [-0.3, -0.25) is 19.9 Å². The van der Waals surface area contributed by atoms with Gasteiger partial charge < -0.3 is 10.1 Å². The zero-order valence-electron chi connectivity index (χ0n) is 31.7. The summed E-state index contributed by atoms with van der Waals surface area (Å²) in [4.78, 5) is 39.5. The van der Waals surface area contributed by atoms with Gasteiger partial charge in [0.1, 0.15) is 22.7 Å². The SMILES string of the molecule is CC.CC1COc2c(Nc3cc(-c4cc(Cl)ccc4F)nc4nccnc34)ccnc21.Fc1ccc(Cl)cc1-c1cc(-c2cncc3ncccc23)c2nccnc2n1. The summed E-state index contributed by atoms with van der Waals surface area (Å²) in [5.41, 5.74) is 8.01. The second-order valence-corrected chi connectivity index (χ2v) is 13.9. The molecule has 59 heavy (non-hydrogen) atoms. The summed E-state index contributed by atoms with van der Waals surface area (Å²) in [5, 5.41) is 5.11. The number of fused-ring (bicyclic) bond motifs is 4. The van der Waals surface area contributed by atoms with E-state index in [-0.39, 0.29) is 11.5 Å². The van der Waals surface area contributed by atoms with Crippen LogP contribution in [0.3, 0.4) is 0 Å². The monoisotopic (exact) mass is 824 g/mol. The van der Waals surface area contributed by atoms with E-state index < -0.39 is 11.6 Å². The topological polar surface area (TPSA) is 137 Å². The van der Waals surface area contributed by atoms with E-state index in [4.69, 9.17) is 27.9 Å². The molecule has 1 unspecified atom stereocenters. The molecule has 15 heteroatoms. The van der Waals surface area contributed by atoms with Gasteiger partial charge in [0, 0.05) is 87.0 Å². The Balaban J connectivity index is 0.000000158. The molecule has 0 bridgehead atoms. The Morgan fingerprint density at radius 3 is 1.98 bits per heavy atom. The molecule has 0 amide bonds. The van der Waals surface area contributed by atoms with Crippen molar-refractivity contribution in [2.24, 2.45) is 0 Å². The van der Waals surface area contributed by atoms with E-state index in [9.17, 15) is 8.78 Å². The normalized spacial score (nSPS) is 12.9. The number of nitrogens with one attached hydrogen (secondary N) is 1. The molecule has 1 aliphatic heterocycles. The van der Waals surface area contributed by atoms with Crippen LogP contribution in [0.25, 0.3) is 66.9 Å². The summed E-state index contributed by atoms with van der Waals surface area (Å²) < 4.78 is 34.8. The number of rotatable bonds is 5. The first-order valence-corrected chi connectivity index (χ1v) is 19.3. The number of aromatic nitrogens is 9. The lowest BCUT2D eigenvalue weighted by Crippen LogP contribution is -2.00. The molecule has 11 nitrogen and oxygen atoms in total. The maximum absolute atomic E-state index is 14.5. The zero-order valence-corrected chi connectivity index (χ0v) is 33.2. The Bertz CT molecular complexity index is 3010. The van der Waals surface area contributed by atoms with Crippen molar-refractivity contribution < 1.29 is 13.5 Å². The molecular weight excluding hydrogens is 793 g/mol. The highest BCUT2D eigenvalue weighted by Crippen LogP contribution is 2.41. The van der Waals surface area contributed by atoms with Gasteiger partial charge in [-0.05, 0) is 60.7 Å². The van der Waals surface area contributed by atoms with Crippen LogP contribution in [0, 0.1) is 11.6 Å². The molecule has 0 aliphatic carbocycles. The molecule has 7 aromatic heterocycles. The van der Waals surface area contributed by atoms with Crippen molar-refractivity contribution in [2.45, 2.75) is 26.7 Å². The lowest BCUT2D eigenvalue weighted by atomic mass is 10.00. The Labute approximate surface area is 346 Å². The summed E-state index contributed by atoms with van der Waals surface area (Å²) in [6.45, 7) is 6.65. The smallest absolute Gasteiger partial charge is 0.180 e. The van der Waals surface area contributed by atoms with Gasteiger partial charge in [0.25, 0.3) is 0 Å². The van der Waals surface area contributed by atoms with Gasteiger partial charge >= 0.3 is 0 Å². The number of halogens is 4. The van der Waals surface area contributed by atoms with Crippen LogP contribution in [-0.4, -0.2) is 51.5 Å². The van der Waals surface area contributed by atoms with E-state index in [0.29, 0.717) is 67.4 Å². The quantitative estimate of drug-likeness (QED) is 0.177. The third-order valence-corrected chi connectivity index (χ3v) is 9.73. The van der Waals surface area contributed by atoms with Gasteiger partial charge in [0.15, 0.2) is 17.0 Å². The minimum absolute atomic E-state index is 0.219. The van der Waals surface area contributed by atoms with Crippen molar-refractivity contribution in [3.05, 3.63) is 144 Å². The molecule has 0 spiro atoms. The number of benzene rings is 2. The first-order valence-electron chi connectivity index (χ1n) is 18.5. The first kappa shape index (κ1) is 39.0. The third kappa shape index (κ3) is 7.90. The maximum atomic E-state index is 14.5. The van der Waals surface area contributed by atoms with E-state index in [1.54, 1.807) is 73.8 Å². The Morgan fingerprint density at radius 1 is 0.627 bits per heavy atom. The van der Waals surface area contributed by atoms with Crippen LogP contribution < -0.4 is 10.1 Å². The van der Waals surface area contributed by atoms with Crippen LogP contribution in [-0.2, 0) is 0 Å². The molecule has 0 fully saturated rings. The minimum Gasteiger partial charge on any atom is -0.489 e. The average molecular weight is 826 g/mol. The van der Waals surface area contributed by atoms with Crippen molar-refractivity contribution in [1.82, 2.24) is 44.9 Å². The predicted molar refractivity (Wildman–Crippen MR) is 227 cm³/mol. The Kier molecular flexibility index (Phi) is 11.2. The Morgan fingerprint density at radius 2 is 1.27 bits per heavy atom. The lowest BCUT2D eigenvalue weighted by Gasteiger charge is -2.13. The summed E-state index contributed by atoms with van der Waals surface area (Å²) in [7, 11) is 0. The average Bonchev–Trinajstić information content (AvgIpc) is 3.66. The van der Waals surface area contributed by atoms with Gasteiger partial charge in [0.2, 0.25) is 0 Å². The van der Waals surface area contributed by atoms with E-state index in [0.717, 1.165) is 33.4 Å². The maximum Gasteiger partial charge on any atom is 0.180 e. The van der Waals surface area contributed by atoms with E-state index in [2.05, 4.69) is 57.1 Å². The number of hydrogen-bond acceptors (Lipinski definition) is 11. The molecule has 1 N–H and O–H groups in total. The van der Waals surface area contributed by atoms with Gasteiger partial charge in [-0.15, -0.1) is 0 Å². The van der Waals surface area contributed by atoms with Crippen LogP contribution in [0.15, 0.2) is 116 Å². The summed E-state index contributed by atoms with van der Waals surface area (Å²) in [6, 6.07) is 17.9. The number of nitrogens with zero attached hydrogens (tertiary/aromatic N) is 9. The van der Waals surface area contributed by atoms with Gasteiger partial charge in [-0.2, -0.15) is 0 Å². The fraction of sp³-hybridized carbons (Fsp3) is 0.114. The fourth-order valence-corrected chi connectivity index (χ4v) is 6.93. The predicted octanol–water partition coefficient (Wildman–Crippen LogP) is 11.2. The zero-order chi connectivity index (χ0) is 41.0. The van der Waals surface area contributed by atoms with Crippen molar-refractivity contribution >= 4 is 67.8 Å². The van der Waals surface area contributed by atoms with Crippen LogP contribution >= 0.6 is 23.2 Å². The van der Waals surface area contributed by atoms with Crippen molar-refractivity contribution in [1.29, 1.82) is 0 Å². The molecule has 0 saturated heterocycles. The summed E-state index contributed by atoms with van der Waals surface area (Å²) >= 11 is 12.1. The largest absolute Gasteiger partial charge is 0.489 e. The molecular formula is C44H32Cl2F2N10O. The summed E-state index contributed by atoms with van der Waals surface area (Å²) in [6.07, 6.45) is 13.2. The highest BCUT2D eigenvalue weighted by molar-refractivity contribution is 6.31. The molecule has 8 heterocycles. The Hall–Kier alpha value is -6.83. The molecule has 0 radical (unpaired) electrons. The second kappa shape index (κ2) is 16.9. The molecule has 1 atom stereocenters. The minimum atomic E-state index is -0.418. The van der Waals surface area contributed by atoms with E-state index >= 15 is 0 Å². The second-order valence-electron chi connectivity index (χ2n) is 13.0. The van der Waals surface area contributed by atoms with Crippen molar-refractivity contribution in [3.8, 4) is 39.4 Å². The number of hydrogen-bond donors (Lipinski definition) is 1. The molecule has 292 valence electrons. The first-order chi connectivity index (χ1) is 28.8. The number of anilines is 2. The van der Waals surface area contributed by atoms with Gasteiger partial charge in [0.05, 0.1) is 46.8 Å². The number of ether oxygens (including phenoxy) is 1. The van der Waals surface area contributed by atoms with Crippen molar-refractivity contribution in [3.63, 3.8) is 0 Å². The van der Waals surface area contributed by atoms with Gasteiger partial charge in [-0.1, -0.05) is 50.0 Å². The van der Waals surface area contributed by atoms with Crippen LogP contribution in [0.4, 0.5) is 20.2 Å². The molecule has 2 aromatic carbocycles.